The van der Waals surface area contributed by atoms with Crippen LogP contribution in [0.15, 0.2) is 49.3 Å². The highest BCUT2D eigenvalue weighted by molar-refractivity contribution is 6.30. The van der Waals surface area contributed by atoms with Crippen molar-refractivity contribution in [2.45, 2.75) is 13.2 Å². The second kappa shape index (κ2) is 7.12. The van der Waals surface area contributed by atoms with E-state index in [1.54, 1.807) is 13.3 Å². The lowest BCUT2D eigenvalue weighted by molar-refractivity contribution is 0.220. The zero-order valence-corrected chi connectivity index (χ0v) is 12.3. The molecule has 2 aromatic rings. The van der Waals surface area contributed by atoms with Gasteiger partial charge in [0.1, 0.15) is 5.75 Å². The Bertz CT molecular complexity index is 551. The Balaban J connectivity index is 2.02. The number of ether oxygens (including phenoxy) is 1. The van der Waals surface area contributed by atoms with E-state index in [0.717, 1.165) is 18.8 Å². The van der Waals surface area contributed by atoms with Crippen LogP contribution >= 0.6 is 11.6 Å². The third-order valence-electron chi connectivity index (χ3n) is 2.90. The molecule has 0 aliphatic carbocycles. The Hall–Kier alpha value is -1.78. The molecule has 4 nitrogen and oxygen atoms in total. The predicted molar refractivity (Wildman–Crippen MR) is 80.8 cm³/mol. The normalized spacial score (nSPS) is 10.8. The lowest BCUT2D eigenvalue weighted by Crippen LogP contribution is -2.26. The van der Waals surface area contributed by atoms with Gasteiger partial charge in [-0.3, -0.25) is 9.58 Å². The summed E-state index contributed by atoms with van der Waals surface area (Å²) in [5, 5.41) is 4.84. The first-order chi connectivity index (χ1) is 9.71. The molecule has 0 atom stereocenters. The van der Waals surface area contributed by atoms with Crippen molar-refractivity contribution in [3.8, 4) is 5.75 Å². The van der Waals surface area contributed by atoms with Gasteiger partial charge in [0.2, 0.25) is 0 Å². The zero-order chi connectivity index (χ0) is 14.4. The monoisotopic (exact) mass is 291 g/mol. The maximum absolute atomic E-state index is 5.88. The van der Waals surface area contributed by atoms with E-state index >= 15 is 0 Å². The topological polar surface area (TPSA) is 30.3 Å². The van der Waals surface area contributed by atoms with Crippen LogP contribution in [0.4, 0.5) is 0 Å². The molecule has 0 unspecified atom stereocenters. The number of hydrogen-bond acceptors (Lipinski definition) is 3. The van der Waals surface area contributed by atoms with E-state index in [9.17, 15) is 0 Å². The van der Waals surface area contributed by atoms with Crippen molar-refractivity contribution >= 4 is 11.6 Å². The van der Waals surface area contributed by atoms with Gasteiger partial charge < -0.3 is 4.74 Å². The molecule has 20 heavy (non-hydrogen) atoms. The van der Waals surface area contributed by atoms with Gasteiger partial charge >= 0.3 is 0 Å². The van der Waals surface area contributed by atoms with E-state index < -0.39 is 0 Å². The average molecular weight is 292 g/mol. The highest BCUT2D eigenvalue weighted by atomic mass is 35.5. The summed E-state index contributed by atoms with van der Waals surface area (Å²) in [5.74, 6) is 0.864. The number of nitrogens with zero attached hydrogens (tertiary/aromatic N) is 3. The first-order valence-electron chi connectivity index (χ1n) is 6.35. The molecule has 0 N–H and O–H groups in total. The second-order valence-electron chi connectivity index (χ2n) is 4.49. The Morgan fingerprint density at radius 2 is 2.15 bits per heavy atom. The second-order valence-corrected chi connectivity index (χ2v) is 4.92. The molecule has 106 valence electrons. The van der Waals surface area contributed by atoms with Crippen LogP contribution in [-0.4, -0.2) is 28.3 Å². The minimum Gasteiger partial charge on any atom is -0.497 e. The number of halogens is 1. The molecule has 1 heterocycles. The standard InChI is InChI=1S/C15H18ClN3O/c1-3-8-18(12-19-11-14(16)9-17-19)10-13-4-6-15(20-2)7-5-13/h3-7,9,11H,1,8,10,12H2,2H3. The lowest BCUT2D eigenvalue weighted by atomic mass is 10.2. The van der Waals surface area contributed by atoms with Crippen LogP contribution in [-0.2, 0) is 13.2 Å². The number of aromatic nitrogens is 2. The van der Waals surface area contributed by atoms with Crippen LogP contribution in [0.1, 0.15) is 5.56 Å². The summed E-state index contributed by atoms with van der Waals surface area (Å²) in [5.41, 5.74) is 1.21. The Morgan fingerprint density at radius 3 is 2.70 bits per heavy atom. The van der Waals surface area contributed by atoms with Gasteiger partial charge in [-0.2, -0.15) is 5.10 Å². The van der Waals surface area contributed by atoms with Gasteiger partial charge in [0.25, 0.3) is 0 Å². The minimum atomic E-state index is 0.646. The van der Waals surface area contributed by atoms with Crippen molar-refractivity contribution in [1.82, 2.24) is 14.7 Å². The molecule has 5 heteroatoms. The van der Waals surface area contributed by atoms with Gasteiger partial charge in [0, 0.05) is 19.3 Å². The highest BCUT2D eigenvalue weighted by Crippen LogP contribution is 2.14. The van der Waals surface area contributed by atoms with Gasteiger partial charge in [0.05, 0.1) is 25.0 Å². The summed E-state index contributed by atoms with van der Waals surface area (Å²) in [4.78, 5) is 2.22. The third kappa shape index (κ3) is 4.11. The molecule has 0 saturated heterocycles. The van der Waals surface area contributed by atoms with Gasteiger partial charge in [-0.15, -0.1) is 6.58 Å². The molecular formula is C15H18ClN3O. The summed E-state index contributed by atoms with van der Waals surface area (Å²) in [6.45, 7) is 6.06. The highest BCUT2D eigenvalue weighted by Gasteiger charge is 2.06. The molecule has 0 amide bonds. The quantitative estimate of drug-likeness (QED) is 0.734. The summed E-state index contributed by atoms with van der Waals surface area (Å²) in [6.07, 6.45) is 5.33. The molecule has 0 aliphatic heterocycles. The molecule has 2 rings (SSSR count). The average Bonchev–Trinajstić information content (AvgIpc) is 2.85. The molecule has 0 radical (unpaired) electrons. The number of methoxy groups -OCH3 is 1. The van der Waals surface area contributed by atoms with Crippen LogP contribution in [0.3, 0.4) is 0 Å². The van der Waals surface area contributed by atoms with Gasteiger partial charge in [-0.25, -0.2) is 0 Å². The van der Waals surface area contributed by atoms with Gasteiger partial charge in [-0.05, 0) is 17.7 Å². The molecule has 0 fully saturated rings. The zero-order valence-electron chi connectivity index (χ0n) is 11.5. The van der Waals surface area contributed by atoms with E-state index in [1.165, 1.54) is 5.56 Å². The molecule has 0 spiro atoms. The Kier molecular flexibility index (Phi) is 5.21. The molecule has 0 saturated carbocycles. The smallest absolute Gasteiger partial charge is 0.118 e. The van der Waals surface area contributed by atoms with Crippen molar-refractivity contribution in [3.05, 3.63) is 59.9 Å². The molecule has 1 aromatic carbocycles. The van der Waals surface area contributed by atoms with E-state index in [1.807, 2.05) is 29.1 Å². The van der Waals surface area contributed by atoms with Crippen LogP contribution in [0, 0.1) is 0 Å². The van der Waals surface area contributed by atoms with E-state index in [2.05, 4.69) is 28.7 Å². The Labute approximate surface area is 124 Å². The Morgan fingerprint density at radius 1 is 1.40 bits per heavy atom. The maximum atomic E-state index is 5.88. The predicted octanol–water partition coefficient (Wildman–Crippen LogP) is 3.19. The van der Waals surface area contributed by atoms with Gasteiger partial charge in [-0.1, -0.05) is 29.8 Å². The van der Waals surface area contributed by atoms with Crippen molar-refractivity contribution in [2.75, 3.05) is 13.7 Å². The van der Waals surface area contributed by atoms with Crippen LogP contribution < -0.4 is 4.74 Å². The summed E-state index contributed by atoms with van der Waals surface area (Å²) in [7, 11) is 1.67. The summed E-state index contributed by atoms with van der Waals surface area (Å²) >= 11 is 5.88. The van der Waals surface area contributed by atoms with Crippen molar-refractivity contribution < 1.29 is 4.74 Å². The van der Waals surface area contributed by atoms with Crippen molar-refractivity contribution in [1.29, 1.82) is 0 Å². The fraction of sp³-hybridized carbons (Fsp3) is 0.267. The van der Waals surface area contributed by atoms with E-state index in [4.69, 9.17) is 16.3 Å². The SMILES string of the molecule is C=CCN(Cc1ccc(OC)cc1)Cn1cc(Cl)cn1. The van der Waals surface area contributed by atoms with Crippen molar-refractivity contribution in [2.24, 2.45) is 0 Å². The van der Waals surface area contributed by atoms with Crippen LogP contribution in [0.5, 0.6) is 5.75 Å². The van der Waals surface area contributed by atoms with Crippen LogP contribution in [0.2, 0.25) is 5.02 Å². The third-order valence-corrected chi connectivity index (χ3v) is 3.09. The van der Waals surface area contributed by atoms with Crippen LogP contribution in [0.25, 0.3) is 0 Å². The molecule has 0 aliphatic rings. The number of benzene rings is 1. The first kappa shape index (κ1) is 14.6. The molecule has 1 aromatic heterocycles. The summed E-state index contributed by atoms with van der Waals surface area (Å²) < 4.78 is 6.98. The van der Waals surface area contributed by atoms with Crippen molar-refractivity contribution in [3.63, 3.8) is 0 Å². The first-order valence-corrected chi connectivity index (χ1v) is 6.73. The van der Waals surface area contributed by atoms with E-state index in [-0.39, 0.29) is 0 Å². The van der Waals surface area contributed by atoms with E-state index in [0.29, 0.717) is 11.7 Å². The molecule has 0 bridgehead atoms. The number of hydrogen-bond donors (Lipinski definition) is 0. The fourth-order valence-electron chi connectivity index (χ4n) is 1.96. The molecular weight excluding hydrogens is 274 g/mol. The minimum absolute atomic E-state index is 0.646. The fourth-order valence-corrected chi connectivity index (χ4v) is 2.12. The largest absolute Gasteiger partial charge is 0.497 e. The summed E-state index contributed by atoms with van der Waals surface area (Å²) in [6, 6.07) is 8.05. The number of rotatable bonds is 7. The van der Waals surface area contributed by atoms with Gasteiger partial charge in [0.15, 0.2) is 0 Å². The maximum Gasteiger partial charge on any atom is 0.118 e. The lowest BCUT2D eigenvalue weighted by Gasteiger charge is -2.20.